The molecule has 0 aliphatic carbocycles. The van der Waals surface area contributed by atoms with Crippen LogP contribution in [0, 0.1) is 0 Å². The fourth-order valence-corrected chi connectivity index (χ4v) is 4.00. The number of methoxy groups -OCH3 is 1. The highest BCUT2D eigenvalue weighted by atomic mass is 127. The molecule has 0 spiro atoms. The molecule has 1 atom stereocenters. The lowest BCUT2D eigenvalue weighted by atomic mass is 10.2. The number of rotatable bonds is 8. The third kappa shape index (κ3) is 7.40. The van der Waals surface area contributed by atoms with Gasteiger partial charge in [0.2, 0.25) is 5.88 Å². The monoisotopic (exact) mass is 531 g/mol. The van der Waals surface area contributed by atoms with E-state index in [1.807, 2.05) is 18.2 Å². The summed E-state index contributed by atoms with van der Waals surface area (Å²) < 4.78 is 10.7. The Morgan fingerprint density at radius 2 is 2.10 bits per heavy atom. The van der Waals surface area contributed by atoms with Crippen molar-refractivity contribution in [3.8, 4) is 5.88 Å². The van der Waals surface area contributed by atoms with Crippen molar-refractivity contribution < 1.29 is 9.47 Å². The molecule has 0 radical (unpaired) electrons. The predicted octanol–water partition coefficient (Wildman–Crippen LogP) is 2.90. The Balaban J connectivity index is 0.00000300. The van der Waals surface area contributed by atoms with E-state index in [0.717, 1.165) is 51.0 Å². The molecule has 2 aromatic rings. The minimum atomic E-state index is 0. The van der Waals surface area contributed by atoms with Gasteiger partial charge >= 0.3 is 0 Å². The van der Waals surface area contributed by atoms with Gasteiger partial charge in [0, 0.05) is 37.1 Å². The summed E-state index contributed by atoms with van der Waals surface area (Å²) >= 11 is 1.80. The van der Waals surface area contributed by atoms with Crippen LogP contribution in [0.5, 0.6) is 5.88 Å². The first-order valence-electron chi connectivity index (χ1n) is 9.67. The molecule has 0 bridgehead atoms. The maximum atomic E-state index is 5.53. The molecule has 0 amide bonds. The van der Waals surface area contributed by atoms with Gasteiger partial charge in [-0.1, -0.05) is 12.1 Å². The fraction of sp³-hybridized carbons (Fsp3) is 0.500. The summed E-state index contributed by atoms with van der Waals surface area (Å²) in [5, 5.41) is 8.97. The molecule has 0 saturated carbocycles. The fourth-order valence-electron chi connectivity index (χ4n) is 3.13. The molecule has 160 valence electrons. The Labute approximate surface area is 193 Å². The number of aromatic nitrogens is 1. The van der Waals surface area contributed by atoms with Gasteiger partial charge in [-0.25, -0.2) is 9.98 Å². The van der Waals surface area contributed by atoms with Crippen molar-refractivity contribution in [3.05, 3.63) is 46.3 Å². The average Bonchev–Trinajstić information content (AvgIpc) is 3.27. The smallest absolute Gasteiger partial charge is 0.213 e. The van der Waals surface area contributed by atoms with Gasteiger partial charge in [-0.05, 0) is 24.4 Å². The SMILES string of the molecule is CCNC(=NCc1cccc(OC)n1)NCC(c1cccs1)N1CCOCC1.I. The van der Waals surface area contributed by atoms with Crippen molar-refractivity contribution in [2.75, 3.05) is 46.5 Å². The van der Waals surface area contributed by atoms with E-state index in [9.17, 15) is 0 Å². The molecule has 9 heteroatoms. The summed E-state index contributed by atoms with van der Waals surface area (Å²) in [6, 6.07) is 10.4. The molecule has 2 aromatic heterocycles. The molecule has 1 aliphatic rings. The van der Waals surface area contributed by atoms with Crippen LogP contribution in [0.3, 0.4) is 0 Å². The first kappa shape index (κ1) is 23.8. The molecular weight excluding hydrogens is 501 g/mol. The van der Waals surface area contributed by atoms with Gasteiger partial charge in [0.15, 0.2) is 5.96 Å². The molecule has 7 nitrogen and oxygen atoms in total. The summed E-state index contributed by atoms with van der Waals surface area (Å²) in [5.74, 6) is 1.40. The van der Waals surface area contributed by atoms with Crippen LogP contribution in [0.15, 0.2) is 40.7 Å². The molecule has 1 unspecified atom stereocenters. The number of ether oxygens (including phenoxy) is 2. The number of hydrogen-bond donors (Lipinski definition) is 2. The molecule has 29 heavy (non-hydrogen) atoms. The standard InChI is InChI=1S/C20H29N5O2S.HI/c1-3-21-20(22-14-16-6-4-8-19(24-16)26-2)23-15-17(18-7-5-13-28-18)25-9-11-27-12-10-25;/h4-8,13,17H,3,9-12,14-15H2,1-2H3,(H2,21,22,23);1H. The Hall–Kier alpha value is -1.43. The lowest BCUT2D eigenvalue weighted by molar-refractivity contribution is 0.0177. The van der Waals surface area contributed by atoms with Crippen LogP contribution >= 0.6 is 35.3 Å². The number of nitrogens with one attached hydrogen (secondary N) is 2. The number of nitrogens with zero attached hydrogens (tertiary/aromatic N) is 3. The molecule has 2 N–H and O–H groups in total. The zero-order valence-corrected chi connectivity index (χ0v) is 20.1. The van der Waals surface area contributed by atoms with Gasteiger partial charge in [-0.2, -0.15) is 0 Å². The highest BCUT2D eigenvalue weighted by Crippen LogP contribution is 2.25. The van der Waals surface area contributed by atoms with Crippen LogP contribution in [-0.4, -0.2) is 62.3 Å². The second-order valence-electron chi connectivity index (χ2n) is 6.43. The largest absolute Gasteiger partial charge is 0.481 e. The van der Waals surface area contributed by atoms with Crippen molar-refractivity contribution in [2.45, 2.75) is 19.5 Å². The zero-order chi connectivity index (χ0) is 19.6. The second kappa shape index (κ2) is 13.0. The summed E-state index contributed by atoms with van der Waals surface area (Å²) in [7, 11) is 1.62. The summed E-state index contributed by atoms with van der Waals surface area (Å²) in [5.41, 5.74) is 0.875. The summed E-state index contributed by atoms with van der Waals surface area (Å²) in [6.45, 7) is 7.64. The third-order valence-electron chi connectivity index (χ3n) is 4.55. The molecule has 0 aromatic carbocycles. The van der Waals surface area contributed by atoms with E-state index in [4.69, 9.17) is 14.5 Å². The number of guanidine groups is 1. The molecular formula is C20H30IN5O2S. The van der Waals surface area contributed by atoms with Crippen LogP contribution < -0.4 is 15.4 Å². The maximum absolute atomic E-state index is 5.53. The van der Waals surface area contributed by atoms with Gasteiger partial charge in [0.1, 0.15) is 0 Å². The lowest BCUT2D eigenvalue weighted by Crippen LogP contribution is -2.46. The second-order valence-corrected chi connectivity index (χ2v) is 7.41. The van der Waals surface area contributed by atoms with Gasteiger partial charge in [0.25, 0.3) is 0 Å². The minimum absolute atomic E-state index is 0. The number of hydrogen-bond acceptors (Lipinski definition) is 6. The highest BCUT2D eigenvalue weighted by Gasteiger charge is 2.23. The highest BCUT2D eigenvalue weighted by molar-refractivity contribution is 14.0. The topological polar surface area (TPSA) is 71.0 Å². The van der Waals surface area contributed by atoms with Crippen LogP contribution in [0.1, 0.15) is 23.5 Å². The van der Waals surface area contributed by atoms with Crippen LogP contribution in [0.25, 0.3) is 0 Å². The lowest BCUT2D eigenvalue weighted by Gasteiger charge is -2.34. The number of pyridine rings is 1. The number of halogens is 1. The van der Waals surface area contributed by atoms with Crippen molar-refractivity contribution in [1.82, 2.24) is 20.5 Å². The van der Waals surface area contributed by atoms with Gasteiger partial charge in [-0.15, -0.1) is 35.3 Å². The summed E-state index contributed by atoms with van der Waals surface area (Å²) in [4.78, 5) is 13.0. The van der Waals surface area contributed by atoms with E-state index in [-0.39, 0.29) is 24.0 Å². The van der Waals surface area contributed by atoms with Crippen LogP contribution in [-0.2, 0) is 11.3 Å². The summed E-state index contributed by atoms with van der Waals surface area (Å²) in [6.07, 6.45) is 0. The third-order valence-corrected chi connectivity index (χ3v) is 5.53. The number of thiophene rings is 1. The van der Waals surface area contributed by atoms with E-state index in [2.05, 4.69) is 45.0 Å². The van der Waals surface area contributed by atoms with Crippen molar-refractivity contribution in [3.63, 3.8) is 0 Å². The zero-order valence-electron chi connectivity index (χ0n) is 17.0. The Morgan fingerprint density at radius 1 is 1.28 bits per heavy atom. The quantitative estimate of drug-likeness (QED) is 0.310. The average molecular weight is 531 g/mol. The first-order valence-corrected chi connectivity index (χ1v) is 10.6. The van der Waals surface area contributed by atoms with E-state index < -0.39 is 0 Å². The number of aliphatic imine (C=N–C) groups is 1. The maximum Gasteiger partial charge on any atom is 0.213 e. The Bertz CT molecular complexity index is 738. The van der Waals surface area contributed by atoms with Crippen LogP contribution in [0.2, 0.25) is 0 Å². The van der Waals surface area contributed by atoms with E-state index in [0.29, 0.717) is 18.5 Å². The first-order chi connectivity index (χ1) is 13.8. The van der Waals surface area contributed by atoms with Gasteiger partial charge in [-0.3, -0.25) is 4.90 Å². The van der Waals surface area contributed by atoms with Crippen molar-refractivity contribution in [1.29, 1.82) is 0 Å². The Kier molecular flexibility index (Phi) is 10.7. The van der Waals surface area contributed by atoms with E-state index in [1.54, 1.807) is 18.4 Å². The van der Waals surface area contributed by atoms with Crippen molar-refractivity contribution in [2.24, 2.45) is 4.99 Å². The van der Waals surface area contributed by atoms with Gasteiger partial charge in [0.05, 0.1) is 38.6 Å². The molecule has 3 rings (SSSR count). The molecule has 1 saturated heterocycles. The van der Waals surface area contributed by atoms with Crippen molar-refractivity contribution >= 4 is 41.3 Å². The van der Waals surface area contributed by atoms with E-state index in [1.165, 1.54) is 4.88 Å². The normalized spacial score (nSPS) is 16.0. The predicted molar refractivity (Wildman–Crippen MR) is 128 cm³/mol. The Morgan fingerprint density at radius 3 is 2.79 bits per heavy atom. The number of morpholine rings is 1. The van der Waals surface area contributed by atoms with Crippen LogP contribution in [0.4, 0.5) is 0 Å². The molecule has 3 heterocycles. The molecule has 1 fully saturated rings. The minimum Gasteiger partial charge on any atom is -0.481 e. The van der Waals surface area contributed by atoms with E-state index >= 15 is 0 Å². The van der Waals surface area contributed by atoms with Gasteiger partial charge < -0.3 is 20.1 Å². The molecule has 1 aliphatic heterocycles.